The first-order valence-electron chi connectivity index (χ1n) is 5.06. The van der Waals surface area contributed by atoms with Gasteiger partial charge in [0, 0.05) is 10.5 Å². The molecule has 98 valence electrons. The van der Waals surface area contributed by atoms with Gasteiger partial charge in [0.25, 0.3) is 11.5 Å². The van der Waals surface area contributed by atoms with E-state index in [0.29, 0.717) is 10.2 Å². The monoisotopic (exact) mass is 327 g/mol. The average Bonchev–Trinajstić information content (AvgIpc) is 2.31. The van der Waals surface area contributed by atoms with E-state index in [1.807, 2.05) is 4.98 Å². The number of carbonyl (C=O) groups is 1. The summed E-state index contributed by atoms with van der Waals surface area (Å²) in [7, 11) is 0. The summed E-state index contributed by atoms with van der Waals surface area (Å²) in [6.07, 6.45) is 0. The molecule has 0 aliphatic heterocycles. The van der Waals surface area contributed by atoms with Gasteiger partial charge in [0.15, 0.2) is 0 Å². The molecule has 8 heteroatoms. The second-order valence-electron chi connectivity index (χ2n) is 3.58. The van der Waals surface area contributed by atoms with E-state index in [4.69, 9.17) is 0 Å². The average molecular weight is 328 g/mol. The Balaban J connectivity index is 2.30. The molecule has 0 unspecified atom stereocenters. The quantitative estimate of drug-likeness (QED) is 0.773. The van der Waals surface area contributed by atoms with Crippen LogP contribution in [0.5, 0.6) is 0 Å². The Kier molecular flexibility index (Phi) is 3.61. The van der Waals surface area contributed by atoms with Gasteiger partial charge in [-0.25, -0.2) is 9.18 Å². The lowest BCUT2D eigenvalue weighted by Crippen LogP contribution is -2.27. The van der Waals surface area contributed by atoms with E-state index in [0.717, 1.165) is 6.07 Å². The summed E-state index contributed by atoms with van der Waals surface area (Å²) in [5.41, 5.74) is -1.35. The second kappa shape index (κ2) is 5.19. The van der Waals surface area contributed by atoms with Crippen LogP contribution in [0.3, 0.4) is 0 Å². The molecular weight excluding hydrogens is 321 g/mol. The van der Waals surface area contributed by atoms with Crippen molar-refractivity contribution < 1.29 is 9.18 Å². The molecule has 1 aromatic heterocycles. The fraction of sp³-hybridized carbons (Fsp3) is 0. The highest BCUT2D eigenvalue weighted by Crippen LogP contribution is 2.23. The minimum Gasteiger partial charge on any atom is -0.320 e. The number of rotatable bonds is 2. The van der Waals surface area contributed by atoms with E-state index >= 15 is 0 Å². The smallest absolute Gasteiger partial charge is 0.320 e. The summed E-state index contributed by atoms with van der Waals surface area (Å²) in [5, 5.41) is 2.43. The van der Waals surface area contributed by atoms with Crippen molar-refractivity contribution in [1.29, 1.82) is 0 Å². The Labute approximate surface area is 113 Å². The SMILES string of the molecule is O=C(Nc1ccc(F)cc1Br)c1cc(=O)[nH]c(=O)[nH]1. The lowest BCUT2D eigenvalue weighted by Gasteiger charge is -2.06. The maximum atomic E-state index is 12.9. The van der Waals surface area contributed by atoms with E-state index in [9.17, 15) is 18.8 Å². The summed E-state index contributed by atoms with van der Waals surface area (Å²) >= 11 is 3.08. The van der Waals surface area contributed by atoms with E-state index in [2.05, 4.69) is 26.2 Å². The lowest BCUT2D eigenvalue weighted by molar-refractivity contribution is 0.102. The van der Waals surface area contributed by atoms with Crippen LogP contribution >= 0.6 is 15.9 Å². The Bertz CT molecular complexity index is 725. The van der Waals surface area contributed by atoms with Crippen LogP contribution < -0.4 is 16.6 Å². The van der Waals surface area contributed by atoms with Crippen molar-refractivity contribution in [2.45, 2.75) is 0 Å². The molecule has 2 rings (SSSR count). The number of carbonyl (C=O) groups excluding carboxylic acids is 1. The molecule has 0 saturated heterocycles. The number of aromatic nitrogens is 2. The zero-order valence-corrected chi connectivity index (χ0v) is 10.9. The first-order valence-corrected chi connectivity index (χ1v) is 5.85. The fourth-order valence-electron chi connectivity index (χ4n) is 1.37. The zero-order chi connectivity index (χ0) is 14.0. The van der Waals surface area contributed by atoms with E-state index in [-0.39, 0.29) is 5.69 Å². The van der Waals surface area contributed by atoms with Crippen LogP contribution in [0.2, 0.25) is 0 Å². The largest absolute Gasteiger partial charge is 0.326 e. The van der Waals surface area contributed by atoms with E-state index in [1.165, 1.54) is 18.2 Å². The number of hydrogen-bond donors (Lipinski definition) is 3. The normalized spacial score (nSPS) is 10.2. The van der Waals surface area contributed by atoms with Crippen LogP contribution in [0.1, 0.15) is 10.5 Å². The summed E-state index contributed by atoms with van der Waals surface area (Å²) < 4.78 is 13.2. The lowest BCUT2D eigenvalue weighted by atomic mass is 10.3. The van der Waals surface area contributed by atoms with Crippen molar-refractivity contribution in [1.82, 2.24) is 9.97 Å². The summed E-state index contributed by atoms with van der Waals surface area (Å²) in [6.45, 7) is 0. The molecule has 0 fully saturated rings. The minimum atomic E-state index is -0.782. The van der Waals surface area contributed by atoms with Crippen LogP contribution in [0, 0.1) is 5.82 Å². The molecule has 0 spiro atoms. The number of H-pyrrole nitrogens is 2. The van der Waals surface area contributed by atoms with Crippen molar-refractivity contribution in [2.24, 2.45) is 0 Å². The van der Waals surface area contributed by atoms with Crippen molar-refractivity contribution in [3.63, 3.8) is 0 Å². The van der Waals surface area contributed by atoms with Gasteiger partial charge in [-0.15, -0.1) is 0 Å². The number of nitrogens with one attached hydrogen (secondary N) is 3. The standard InChI is InChI=1S/C11H7BrFN3O3/c12-6-3-5(13)1-2-7(6)14-10(18)8-4-9(17)16-11(19)15-8/h1-4H,(H,14,18)(H2,15,16,17,19). The molecule has 0 aliphatic carbocycles. The van der Waals surface area contributed by atoms with Gasteiger partial charge in [-0.3, -0.25) is 14.6 Å². The first kappa shape index (κ1) is 13.2. The number of halogens is 2. The van der Waals surface area contributed by atoms with Crippen LogP contribution in [0.25, 0.3) is 0 Å². The highest BCUT2D eigenvalue weighted by atomic mass is 79.9. The van der Waals surface area contributed by atoms with Gasteiger partial charge < -0.3 is 10.3 Å². The maximum Gasteiger partial charge on any atom is 0.326 e. The minimum absolute atomic E-state index is 0.190. The third-order valence-electron chi connectivity index (χ3n) is 2.18. The Morgan fingerprint density at radius 2 is 1.95 bits per heavy atom. The van der Waals surface area contributed by atoms with Gasteiger partial charge in [-0.2, -0.15) is 0 Å². The highest BCUT2D eigenvalue weighted by molar-refractivity contribution is 9.10. The predicted molar refractivity (Wildman–Crippen MR) is 69.7 cm³/mol. The highest BCUT2D eigenvalue weighted by Gasteiger charge is 2.10. The van der Waals surface area contributed by atoms with E-state index in [1.54, 1.807) is 0 Å². The molecule has 1 heterocycles. The van der Waals surface area contributed by atoms with Gasteiger partial charge in [0.05, 0.1) is 5.69 Å². The maximum absolute atomic E-state index is 12.9. The molecule has 6 nitrogen and oxygen atoms in total. The molecule has 1 aromatic carbocycles. The molecule has 0 bridgehead atoms. The Morgan fingerprint density at radius 1 is 1.21 bits per heavy atom. The molecule has 3 N–H and O–H groups in total. The van der Waals surface area contributed by atoms with Crippen LogP contribution in [-0.4, -0.2) is 15.9 Å². The van der Waals surface area contributed by atoms with Gasteiger partial charge in [-0.05, 0) is 34.1 Å². The van der Waals surface area contributed by atoms with Crippen LogP contribution in [-0.2, 0) is 0 Å². The number of aromatic amines is 2. The molecule has 1 amide bonds. The third kappa shape index (κ3) is 3.16. The van der Waals surface area contributed by atoms with Crippen molar-refractivity contribution >= 4 is 27.5 Å². The van der Waals surface area contributed by atoms with Crippen LogP contribution in [0.4, 0.5) is 10.1 Å². The third-order valence-corrected chi connectivity index (χ3v) is 2.84. The molecule has 0 radical (unpaired) electrons. The second-order valence-corrected chi connectivity index (χ2v) is 4.43. The Morgan fingerprint density at radius 3 is 2.58 bits per heavy atom. The molecule has 0 saturated carbocycles. The summed E-state index contributed by atoms with van der Waals surface area (Å²) in [4.78, 5) is 38.0. The molecule has 19 heavy (non-hydrogen) atoms. The Hall–Kier alpha value is -2.22. The number of amides is 1. The van der Waals surface area contributed by atoms with Gasteiger partial charge in [0.1, 0.15) is 11.5 Å². The topological polar surface area (TPSA) is 94.8 Å². The van der Waals surface area contributed by atoms with Gasteiger partial charge in [-0.1, -0.05) is 0 Å². The molecule has 0 aliphatic rings. The van der Waals surface area contributed by atoms with Crippen molar-refractivity contribution in [2.75, 3.05) is 5.32 Å². The number of hydrogen-bond acceptors (Lipinski definition) is 3. The fourth-order valence-corrected chi connectivity index (χ4v) is 1.82. The van der Waals surface area contributed by atoms with Crippen LogP contribution in [0.15, 0.2) is 38.3 Å². The summed E-state index contributed by atoms with van der Waals surface area (Å²) in [5.74, 6) is -1.15. The molecule has 0 atom stereocenters. The number of benzene rings is 1. The predicted octanol–water partition coefficient (Wildman–Crippen LogP) is 1.22. The van der Waals surface area contributed by atoms with Crippen molar-refractivity contribution in [3.05, 3.63) is 61.1 Å². The zero-order valence-electron chi connectivity index (χ0n) is 9.29. The number of anilines is 1. The van der Waals surface area contributed by atoms with E-state index < -0.39 is 23.0 Å². The first-order chi connectivity index (χ1) is 8.95. The summed E-state index contributed by atoms with van der Waals surface area (Å²) in [6, 6.07) is 4.65. The molecular formula is C11H7BrFN3O3. The van der Waals surface area contributed by atoms with Gasteiger partial charge in [0.2, 0.25) is 0 Å². The molecule has 2 aromatic rings. The van der Waals surface area contributed by atoms with Crippen molar-refractivity contribution in [3.8, 4) is 0 Å². The van der Waals surface area contributed by atoms with Gasteiger partial charge >= 0.3 is 5.69 Å².